The predicted molar refractivity (Wildman–Crippen MR) is 76.4 cm³/mol. The van der Waals surface area contributed by atoms with Crippen LogP contribution in [0.25, 0.3) is 10.9 Å². The van der Waals surface area contributed by atoms with Crippen LogP contribution in [-0.4, -0.2) is 22.4 Å². The van der Waals surface area contributed by atoms with Crippen molar-refractivity contribution in [2.45, 2.75) is 26.8 Å². The van der Waals surface area contributed by atoms with Crippen LogP contribution in [0.5, 0.6) is 0 Å². The lowest BCUT2D eigenvalue weighted by Gasteiger charge is -2.10. The number of rotatable bonds is 5. The number of carbonyl (C=O) groups is 1. The first kappa shape index (κ1) is 14.2. The fourth-order valence-electron chi connectivity index (χ4n) is 1.87. The molecule has 1 aromatic heterocycles. The van der Waals surface area contributed by atoms with Crippen molar-refractivity contribution in [1.82, 2.24) is 9.78 Å². The van der Waals surface area contributed by atoms with Crippen LogP contribution >= 0.6 is 0 Å². The quantitative estimate of drug-likeness (QED) is 0.782. The molecule has 5 nitrogen and oxygen atoms in total. The van der Waals surface area contributed by atoms with Gasteiger partial charge in [0.1, 0.15) is 0 Å². The summed E-state index contributed by atoms with van der Waals surface area (Å²) in [6.45, 7) is 4.81. The zero-order chi connectivity index (χ0) is 14.5. The van der Waals surface area contributed by atoms with E-state index in [0.717, 1.165) is 5.52 Å². The Morgan fingerprint density at radius 2 is 2.10 bits per heavy atom. The van der Waals surface area contributed by atoms with Crippen molar-refractivity contribution in [1.29, 1.82) is 0 Å². The third-order valence-corrected chi connectivity index (χ3v) is 2.87. The van der Waals surface area contributed by atoms with E-state index >= 15 is 0 Å². The van der Waals surface area contributed by atoms with Crippen LogP contribution in [0.1, 0.15) is 20.3 Å². The maximum Gasteiger partial charge on any atom is 0.307 e. The molecule has 5 heteroatoms. The Morgan fingerprint density at radius 1 is 1.35 bits per heavy atom. The van der Waals surface area contributed by atoms with Crippen LogP contribution in [0.2, 0.25) is 0 Å². The number of para-hydroxylation sites is 1. The topological polar surface area (TPSA) is 61.2 Å². The molecule has 0 aliphatic carbocycles. The zero-order valence-electron chi connectivity index (χ0n) is 11.7. The van der Waals surface area contributed by atoms with E-state index in [1.54, 1.807) is 10.7 Å². The second kappa shape index (κ2) is 6.32. The van der Waals surface area contributed by atoms with Crippen LogP contribution in [0.4, 0.5) is 0 Å². The van der Waals surface area contributed by atoms with Crippen molar-refractivity contribution in [2.24, 2.45) is 5.92 Å². The molecule has 0 amide bonds. The Kier molecular flexibility index (Phi) is 4.50. The summed E-state index contributed by atoms with van der Waals surface area (Å²) in [5, 5.41) is 4.68. The summed E-state index contributed by atoms with van der Waals surface area (Å²) in [6.07, 6.45) is 1.52. The van der Waals surface area contributed by atoms with Crippen molar-refractivity contribution in [3.05, 3.63) is 40.7 Å². The molecule has 1 aromatic carbocycles. The molecule has 0 aliphatic rings. The van der Waals surface area contributed by atoms with E-state index in [1.807, 2.05) is 32.0 Å². The predicted octanol–water partition coefficient (Wildman–Crippen LogP) is 1.99. The standard InChI is InChI=1S/C15H18N2O3/c1-11(2)10-20-15(19)7-8-17-13-6-4-3-5-12(13)14(18)9-16-17/h3-6,9,11H,7-8,10H2,1-2H3. The number of aryl methyl sites for hydroxylation is 1. The van der Waals surface area contributed by atoms with Gasteiger partial charge in [0, 0.05) is 5.39 Å². The second-order valence-corrected chi connectivity index (χ2v) is 5.08. The number of fused-ring (bicyclic) bond motifs is 1. The molecule has 0 fully saturated rings. The van der Waals surface area contributed by atoms with E-state index in [0.29, 0.717) is 24.5 Å². The first-order chi connectivity index (χ1) is 9.58. The molecule has 0 saturated heterocycles. The molecule has 0 aliphatic heterocycles. The molecule has 0 bridgehead atoms. The van der Waals surface area contributed by atoms with Crippen molar-refractivity contribution >= 4 is 16.9 Å². The van der Waals surface area contributed by atoms with Gasteiger partial charge in [-0.3, -0.25) is 14.3 Å². The number of hydrogen-bond donors (Lipinski definition) is 0. The lowest BCUT2D eigenvalue weighted by molar-refractivity contribution is -0.145. The van der Waals surface area contributed by atoms with Gasteiger partial charge in [0.15, 0.2) is 0 Å². The average molecular weight is 274 g/mol. The highest BCUT2D eigenvalue weighted by atomic mass is 16.5. The van der Waals surface area contributed by atoms with Gasteiger partial charge in [-0.15, -0.1) is 0 Å². The first-order valence-electron chi connectivity index (χ1n) is 6.68. The van der Waals surface area contributed by atoms with Gasteiger partial charge < -0.3 is 4.74 Å². The highest BCUT2D eigenvalue weighted by molar-refractivity contribution is 5.78. The molecule has 1 heterocycles. The zero-order valence-corrected chi connectivity index (χ0v) is 11.7. The van der Waals surface area contributed by atoms with Crippen molar-refractivity contribution < 1.29 is 9.53 Å². The maximum absolute atomic E-state index is 11.7. The first-order valence-corrected chi connectivity index (χ1v) is 6.68. The van der Waals surface area contributed by atoms with Gasteiger partial charge in [-0.25, -0.2) is 0 Å². The summed E-state index contributed by atoms with van der Waals surface area (Å²) >= 11 is 0. The smallest absolute Gasteiger partial charge is 0.307 e. The summed E-state index contributed by atoms with van der Waals surface area (Å²) in [5.41, 5.74) is 0.621. The molecule has 0 N–H and O–H groups in total. The maximum atomic E-state index is 11.7. The Balaban J connectivity index is 2.09. The fourth-order valence-corrected chi connectivity index (χ4v) is 1.87. The van der Waals surface area contributed by atoms with E-state index in [2.05, 4.69) is 5.10 Å². The van der Waals surface area contributed by atoms with E-state index in [4.69, 9.17) is 4.74 Å². The third kappa shape index (κ3) is 3.44. The molecular weight excluding hydrogens is 256 g/mol. The Morgan fingerprint density at radius 3 is 2.85 bits per heavy atom. The van der Waals surface area contributed by atoms with Gasteiger partial charge in [0.25, 0.3) is 0 Å². The van der Waals surface area contributed by atoms with Crippen molar-refractivity contribution in [3.63, 3.8) is 0 Å². The van der Waals surface area contributed by atoms with Gasteiger partial charge in [0.05, 0.1) is 31.3 Å². The van der Waals surface area contributed by atoms with Crippen molar-refractivity contribution in [2.75, 3.05) is 6.61 Å². The molecule has 20 heavy (non-hydrogen) atoms. The fraction of sp³-hybridized carbons (Fsp3) is 0.400. The number of esters is 1. The second-order valence-electron chi connectivity index (χ2n) is 5.08. The molecule has 0 radical (unpaired) electrons. The minimum absolute atomic E-state index is 0.112. The Hall–Kier alpha value is -2.17. The number of benzene rings is 1. The van der Waals surface area contributed by atoms with Gasteiger partial charge in [0.2, 0.25) is 5.43 Å². The van der Waals surface area contributed by atoms with E-state index in [9.17, 15) is 9.59 Å². The van der Waals surface area contributed by atoms with Crippen LogP contribution in [-0.2, 0) is 16.1 Å². The van der Waals surface area contributed by atoms with E-state index < -0.39 is 0 Å². The molecule has 2 rings (SSSR count). The Bertz CT molecular complexity index is 661. The summed E-state index contributed by atoms with van der Waals surface area (Å²) < 4.78 is 6.78. The molecule has 0 atom stereocenters. The molecule has 0 unspecified atom stereocenters. The summed E-state index contributed by atoms with van der Waals surface area (Å²) in [7, 11) is 0. The SMILES string of the molecule is CC(C)COC(=O)CCn1ncc(=O)c2ccccc21. The number of aromatic nitrogens is 2. The van der Waals surface area contributed by atoms with Gasteiger partial charge in [-0.1, -0.05) is 26.0 Å². The monoisotopic (exact) mass is 274 g/mol. The molecule has 106 valence electrons. The van der Waals surface area contributed by atoms with Gasteiger partial charge in [-0.2, -0.15) is 5.10 Å². The van der Waals surface area contributed by atoms with Crippen LogP contribution in [0.3, 0.4) is 0 Å². The minimum Gasteiger partial charge on any atom is -0.465 e. The highest BCUT2D eigenvalue weighted by Gasteiger charge is 2.07. The van der Waals surface area contributed by atoms with Crippen molar-refractivity contribution in [3.8, 4) is 0 Å². The largest absolute Gasteiger partial charge is 0.465 e. The van der Waals surface area contributed by atoms with Crippen LogP contribution < -0.4 is 5.43 Å². The number of carbonyl (C=O) groups excluding carboxylic acids is 1. The summed E-state index contributed by atoms with van der Waals surface area (Å²) in [5.74, 6) is 0.0774. The number of ether oxygens (including phenoxy) is 1. The lowest BCUT2D eigenvalue weighted by Crippen LogP contribution is -2.16. The molecule has 0 spiro atoms. The number of hydrogen-bond acceptors (Lipinski definition) is 4. The van der Waals surface area contributed by atoms with Gasteiger partial charge >= 0.3 is 5.97 Å². The third-order valence-electron chi connectivity index (χ3n) is 2.87. The Labute approximate surface area is 117 Å². The van der Waals surface area contributed by atoms with E-state index in [1.165, 1.54) is 6.20 Å². The average Bonchev–Trinajstić information content (AvgIpc) is 2.45. The lowest BCUT2D eigenvalue weighted by atomic mass is 10.2. The highest BCUT2D eigenvalue weighted by Crippen LogP contribution is 2.08. The molecular formula is C15H18N2O3. The van der Waals surface area contributed by atoms with E-state index in [-0.39, 0.29) is 17.8 Å². The summed E-state index contributed by atoms with van der Waals surface area (Å²) in [4.78, 5) is 23.3. The number of nitrogens with zero attached hydrogens (tertiary/aromatic N) is 2. The normalized spacial score (nSPS) is 10.9. The summed E-state index contributed by atoms with van der Waals surface area (Å²) in [6, 6.07) is 7.23. The molecule has 0 saturated carbocycles. The minimum atomic E-state index is -0.247. The van der Waals surface area contributed by atoms with Gasteiger partial charge in [-0.05, 0) is 18.1 Å². The molecule has 2 aromatic rings. The van der Waals surface area contributed by atoms with Crippen LogP contribution in [0.15, 0.2) is 35.3 Å². The van der Waals surface area contributed by atoms with Crippen LogP contribution in [0, 0.1) is 5.92 Å².